The summed E-state index contributed by atoms with van der Waals surface area (Å²) in [6.07, 6.45) is 5.40. The Morgan fingerprint density at radius 2 is 1.86 bits per heavy atom. The zero-order valence-corrected chi connectivity index (χ0v) is 13.2. The van der Waals surface area contributed by atoms with Crippen molar-refractivity contribution in [2.75, 3.05) is 39.3 Å². The average molecular weight is 299 g/mol. The summed E-state index contributed by atoms with van der Waals surface area (Å²) in [4.78, 5) is 5.21. The van der Waals surface area contributed by atoms with E-state index in [9.17, 15) is 0 Å². The number of benzene rings is 1. The number of piperidine rings is 1. The maximum atomic E-state index is 8.79. The minimum atomic E-state index is 0.678. The Bertz CT molecular complexity index is 502. The Labute approximate surface area is 133 Å². The van der Waals surface area contributed by atoms with Gasteiger partial charge < -0.3 is 4.74 Å². The number of ether oxygens (including phenoxy) is 1. The molecule has 0 aromatic heterocycles. The fourth-order valence-electron chi connectivity index (χ4n) is 3.56. The highest BCUT2D eigenvalue weighted by Crippen LogP contribution is 2.20. The van der Waals surface area contributed by atoms with Crippen LogP contribution in [-0.2, 0) is 0 Å². The van der Waals surface area contributed by atoms with Crippen LogP contribution in [0.1, 0.15) is 31.2 Å². The smallest absolute Gasteiger partial charge is 0.119 e. The first kappa shape index (κ1) is 15.3. The zero-order chi connectivity index (χ0) is 15.2. The van der Waals surface area contributed by atoms with Gasteiger partial charge in [0.25, 0.3) is 0 Å². The predicted octanol–water partition coefficient (Wildman–Crippen LogP) is 2.50. The standard InChI is InChI=1S/C18H25N3O/c19-14-16-5-7-18(8-6-16)22-13-12-20-9-3-4-17(15-20)21-10-1-2-11-21/h5-8,17H,1-4,9-13,15H2/t17-/m0/s1. The van der Waals surface area contributed by atoms with Gasteiger partial charge in [-0.05, 0) is 69.6 Å². The molecule has 4 heteroatoms. The Morgan fingerprint density at radius 1 is 1.09 bits per heavy atom. The van der Waals surface area contributed by atoms with Gasteiger partial charge >= 0.3 is 0 Å². The average Bonchev–Trinajstić information content (AvgIpc) is 3.10. The Hall–Kier alpha value is -1.57. The van der Waals surface area contributed by atoms with Gasteiger partial charge in [0.05, 0.1) is 11.6 Å². The van der Waals surface area contributed by atoms with E-state index in [2.05, 4.69) is 15.9 Å². The van der Waals surface area contributed by atoms with Gasteiger partial charge in [-0.15, -0.1) is 0 Å². The first-order valence-electron chi connectivity index (χ1n) is 8.44. The molecule has 4 nitrogen and oxygen atoms in total. The number of hydrogen-bond acceptors (Lipinski definition) is 4. The van der Waals surface area contributed by atoms with Gasteiger partial charge in [-0.1, -0.05) is 0 Å². The van der Waals surface area contributed by atoms with E-state index in [0.29, 0.717) is 5.56 Å². The van der Waals surface area contributed by atoms with Crippen molar-refractivity contribution >= 4 is 0 Å². The van der Waals surface area contributed by atoms with Crippen LogP contribution in [-0.4, -0.2) is 55.2 Å². The van der Waals surface area contributed by atoms with Crippen LogP contribution in [0.4, 0.5) is 0 Å². The van der Waals surface area contributed by atoms with E-state index in [-0.39, 0.29) is 0 Å². The van der Waals surface area contributed by atoms with Crippen molar-refractivity contribution in [1.29, 1.82) is 5.26 Å². The van der Waals surface area contributed by atoms with Crippen LogP contribution >= 0.6 is 0 Å². The Kier molecular flexibility index (Phi) is 5.31. The van der Waals surface area contributed by atoms with Crippen molar-refractivity contribution in [3.8, 4) is 11.8 Å². The summed E-state index contributed by atoms with van der Waals surface area (Å²) < 4.78 is 5.80. The molecule has 0 aliphatic carbocycles. The molecule has 0 unspecified atom stereocenters. The van der Waals surface area contributed by atoms with E-state index in [1.807, 2.05) is 12.1 Å². The van der Waals surface area contributed by atoms with Gasteiger partial charge in [-0.3, -0.25) is 9.80 Å². The Balaban J connectivity index is 1.41. The van der Waals surface area contributed by atoms with Crippen molar-refractivity contribution in [1.82, 2.24) is 9.80 Å². The summed E-state index contributed by atoms with van der Waals surface area (Å²) in [5.41, 5.74) is 0.678. The molecule has 2 fully saturated rings. The molecule has 118 valence electrons. The third-order valence-corrected chi connectivity index (χ3v) is 4.80. The van der Waals surface area contributed by atoms with Gasteiger partial charge in [0.1, 0.15) is 12.4 Å². The number of hydrogen-bond donors (Lipinski definition) is 0. The molecule has 0 amide bonds. The molecular weight excluding hydrogens is 274 g/mol. The third-order valence-electron chi connectivity index (χ3n) is 4.80. The zero-order valence-electron chi connectivity index (χ0n) is 13.2. The molecule has 2 saturated heterocycles. The minimum Gasteiger partial charge on any atom is -0.492 e. The fourth-order valence-corrected chi connectivity index (χ4v) is 3.56. The molecule has 0 radical (unpaired) electrons. The molecule has 22 heavy (non-hydrogen) atoms. The van der Waals surface area contributed by atoms with E-state index < -0.39 is 0 Å². The summed E-state index contributed by atoms with van der Waals surface area (Å²) in [7, 11) is 0. The van der Waals surface area contributed by atoms with Crippen molar-refractivity contribution in [3.63, 3.8) is 0 Å². The molecule has 0 spiro atoms. The summed E-state index contributed by atoms with van der Waals surface area (Å²) in [6, 6.07) is 10.2. The van der Waals surface area contributed by atoms with E-state index >= 15 is 0 Å². The molecule has 0 N–H and O–H groups in total. The number of rotatable bonds is 5. The van der Waals surface area contributed by atoms with Crippen LogP contribution < -0.4 is 4.74 Å². The number of nitriles is 1. The summed E-state index contributed by atoms with van der Waals surface area (Å²) in [6.45, 7) is 6.68. The third kappa shape index (κ3) is 4.00. The predicted molar refractivity (Wildman–Crippen MR) is 86.9 cm³/mol. The molecular formula is C18H25N3O. The van der Waals surface area contributed by atoms with E-state index in [1.165, 1.54) is 51.9 Å². The maximum absolute atomic E-state index is 8.79. The largest absolute Gasteiger partial charge is 0.492 e. The second kappa shape index (κ2) is 7.62. The van der Waals surface area contributed by atoms with Gasteiger partial charge in [-0.2, -0.15) is 5.26 Å². The quantitative estimate of drug-likeness (QED) is 0.837. The summed E-state index contributed by atoms with van der Waals surface area (Å²) in [5.74, 6) is 0.854. The number of likely N-dealkylation sites (tertiary alicyclic amines) is 2. The van der Waals surface area contributed by atoms with Crippen LogP contribution in [0.25, 0.3) is 0 Å². The molecule has 2 aliphatic rings. The van der Waals surface area contributed by atoms with Gasteiger partial charge in [0, 0.05) is 19.1 Å². The molecule has 3 rings (SSSR count). The fraction of sp³-hybridized carbons (Fsp3) is 0.611. The van der Waals surface area contributed by atoms with E-state index in [0.717, 1.165) is 24.9 Å². The van der Waals surface area contributed by atoms with Crippen molar-refractivity contribution in [2.45, 2.75) is 31.7 Å². The van der Waals surface area contributed by atoms with Gasteiger partial charge in [0.2, 0.25) is 0 Å². The van der Waals surface area contributed by atoms with Crippen LogP contribution in [0.3, 0.4) is 0 Å². The highest BCUT2D eigenvalue weighted by Gasteiger charge is 2.26. The molecule has 0 saturated carbocycles. The lowest BCUT2D eigenvalue weighted by Crippen LogP contribution is -2.47. The lowest BCUT2D eigenvalue weighted by atomic mass is 10.0. The SMILES string of the molecule is N#Cc1ccc(OCCN2CCC[C@H](N3CCCC3)C2)cc1. The highest BCUT2D eigenvalue weighted by molar-refractivity contribution is 5.34. The second-order valence-electron chi connectivity index (χ2n) is 6.32. The van der Waals surface area contributed by atoms with Crippen molar-refractivity contribution in [3.05, 3.63) is 29.8 Å². The van der Waals surface area contributed by atoms with Crippen LogP contribution in [0.2, 0.25) is 0 Å². The van der Waals surface area contributed by atoms with E-state index in [4.69, 9.17) is 10.00 Å². The topological polar surface area (TPSA) is 39.5 Å². The second-order valence-corrected chi connectivity index (χ2v) is 6.32. The summed E-state index contributed by atoms with van der Waals surface area (Å²) >= 11 is 0. The van der Waals surface area contributed by atoms with Gasteiger partial charge in [0.15, 0.2) is 0 Å². The summed E-state index contributed by atoms with van der Waals surface area (Å²) in [5, 5.41) is 8.79. The van der Waals surface area contributed by atoms with Crippen LogP contribution in [0.15, 0.2) is 24.3 Å². The molecule has 1 aromatic rings. The minimum absolute atomic E-state index is 0.678. The molecule has 0 bridgehead atoms. The van der Waals surface area contributed by atoms with Crippen molar-refractivity contribution in [2.24, 2.45) is 0 Å². The van der Waals surface area contributed by atoms with E-state index in [1.54, 1.807) is 12.1 Å². The van der Waals surface area contributed by atoms with Gasteiger partial charge in [-0.25, -0.2) is 0 Å². The first-order valence-corrected chi connectivity index (χ1v) is 8.44. The molecule has 2 heterocycles. The highest BCUT2D eigenvalue weighted by atomic mass is 16.5. The monoisotopic (exact) mass is 299 g/mol. The molecule has 1 aromatic carbocycles. The molecule has 2 aliphatic heterocycles. The first-order chi connectivity index (χ1) is 10.8. The van der Waals surface area contributed by atoms with Crippen LogP contribution in [0.5, 0.6) is 5.75 Å². The van der Waals surface area contributed by atoms with Crippen molar-refractivity contribution < 1.29 is 4.74 Å². The van der Waals surface area contributed by atoms with Crippen LogP contribution in [0, 0.1) is 11.3 Å². The molecule has 1 atom stereocenters. The lowest BCUT2D eigenvalue weighted by Gasteiger charge is -2.37. The normalized spacial score (nSPS) is 23.3. The maximum Gasteiger partial charge on any atom is 0.119 e. The number of nitrogens with zero attached hydrogens (tertiary/aromatic N) is 3. The Morgan fingerprint density at radius 3 is 2.59 bits per heavy atom. The lowest BCUT2D eigenvalue weighted by molar-refractivity contribution is 0.103.